The van der Waals surface area contributed by atoms with Crippen LogP contribution >= 0.6 is 11.3 Å². The number of fused-ring (bicyclic) bond motifs is 12. The van der Waals surface area contributed by atoms with E-state index in [4.69, 9.17) is 14.7 Å². The molecule has 0 atom stereocenters. The molecule has 3 heterocycles. The van der Waals surface area contributed by atoms with E-state index in [1.54, 1.807) is 11.3 Å². The Hall–Kier alpha value is -7.14. The Balaban J connectivity index is 1.14. The molecule has 0 saturated heterocycles. The lowest BCUT2D eigenvalue weighted by atomic mass is 9.66. The fourth-order valence-electron chi connectivity index (χ4n) is 9.40. The molecule has 0 amide bonds. The third-order valence-electron chi connectivity index (χ3n) is 11.8. The second-order valence-electron chi connectivity index (χ2n) is 14.8. The van der Waals surface area contributed by atoms with Gasteiger partial charge >= 0.3 is 0 Å². The average Bonchev–Trinajstić information content (AvgIpc) is 3.80. The van der Waals surface area contributed by atoms with Crippen molar-refractivity contribution in [2.45, 2.75) is 5.41 Å². The van der Waals surface area contributed by atoms with Crippen LogP contribution in [0.25, 0.3) is 76.3 Å². The summed E-state index contributed by atoms with van der Waals surface area (Å²) in [6, 6.07) is 69.4. The summed E-state index contributed by atoms with van der Waals surface area (Å²) < 4.78 is 8.89. The van der Waals surface area contributed by atoms with Gasteiger partial charge in [0.25, 0.3) is 0 Å². The summed E-state index contributed by atoms with van der Waals surface area (Å²) in [6.07, 6.45) is 0. The van der Waals surface area contributed by atoms with Gasteiger partial charge in [-0.2, -0.15) is 0 Å². The second kappa shape index (κ2) is 12.4. The fourth-order valence-corrected chi connectivity index (χ4v) is 10.6. The second-order valence-corrected chi connectivity index (χ2v) is 15.8. The smallest absolute Gasteiger partial charge is 0.160 e. The largest absolute Gasteiger partial charge is 0.457 e. The van der Waals surface area contributed by atoms with Gasteiger partial charge in [0.05, 0.1) is 21.3 Å². The highest BCUT2D eigenvalue weighted by Gasteiger charge is 2.51. The zero-order valence-electron chi connectivity index (χ0n) is 30.7. The molecule has 0 radical (unpaired) electrons. The number of aromatic nitrogens is 2. The van der Waals surface area contributed by atoms with E-state index < -0.39 is 5.41 Å². The topological polar surface area (TPSA) is 35.0 Å². The molecule has 1 aliphatic heterocycles. The van der Waals surface area contributed by atoms with E-state index in [9.17, 15) is 0 Å². The maximum absolute atomic E-state index is 6.62. The van der Waals surface area contributed by atoms with Crippen molar-refractivity contribution in [2.24, 2.45) is 0 Å². The van der Waals surface area contributed by atoms with Gasteiger partial charge in [0.15, 0.2) is 5.82 Å². The van der Waals surface area contributed by atoms with Crippen LogP contribution in [-0.4, -0.2) is 9.97 Å². The van der Waals surface area contributed by atoms with E-state index in [0.29, 0.717) is 0 Å². The van der Waals surface area contributed by atoms with Crippen LogP contribution in [0.3, 0.4) is 0 Å². The predicted octanol–water partition coefficient (Wildman–Crippen LogP) is 14.0. The van der Waals surface area contributed by atoms with Crippen molar-refractivity contribution in [1.29, 1.82) is 0 Å². The van der Waals surface area contributed by atoms with E-state index in [0.717, 1.165) is 66.4 Å². The number of rotatable bonds is 4. The first-order chi connectivity index (χ1) is 28.3. The zero-order chi connectivity index (χ0) is 37.5. The third-order valence-corrected chi connectivity index (χ3v) is 12.9. The Bertz CT molecular complexity index is 3180. The van der Waals surface area contributed by atoms with Crippen LogP contribution in [0.4, 0.5) is 0 Å². The van der Waals surface area contributed by atoms with Crippen molar-refractivity contribution in [3.8, 4) is 67.5 Å². The highest BCUT2D eigenvalue weighted by Crippen LogP contribution is 2.63. The molecule has 8 aromatic carbocycles. The number of para-hydroxylation sites is 2. The summed E-state index contributed by atoms with van der Waals surface area (Å²) in [4.78, 5) is 10.8. The first-order valence-electron chi connectivity index (χ1n) is 19.3. The van der Waals surface area contributed by atoms with Gasteiger partial charge in [0.1, 0.15) is 11.5 Å². The van der Waals surface area contributed by atoms with Crippen molar-refractivity contribution in [2.75, 3.05) is 0 Å². The Morgan fingerprint density at radius 2 is 1.00 bits per heavy atom. The molecule has 1 spiro atoms. The highest BCUT2D eigenvalue weighted by atomic mass is 32.1. The molecule has 0 N–H and O–H groups in total. The number of hydrogen-bond donors (Lipinski definition) is 0. The van der Waals surface area contributed by atoms with Gasteiger partial charge < -0.3 is 4.74 Å². The molecule has 0 fully saturated rings. The lowest BCUT2D eigenvalue weighted by Crippen LogP contribution is -2.32. The summed E-state index contributed by atoms with van der Waals surface area (Å²) in [7, 11) is 0. The standard InChI is InChI=1S/C53H32N2OS/c1-3-16-33(17-4-1)35-30-31-40-47(32-35)57-51-49(54-52(55-50(40)51)34-18-5-2-6-19-34)38-21-8-7-20-36(38)37-23-15-27-44-48(37)39-22-9-10-24-41(39)53(44)42-25-11-13-28-45(42)56-46-29-14-12-26-43(46)53/h1-32H. The number of thiophene rings is 1. The monoisotopic (exact) mass is 744 g/mol. The molecule has 266 valence electrons. The van der Waals surface area contributed by atoms with Gasteiger partial charge in [0, 0.05) is 32.3 Å². The van der Waals surface area contributed by atoms with Crippen molar-refractivity contribution >= 4 is 31.6 Å². The van der Waals surface area contributed by atoms with Crippen LogP contribution in [0, 0.1) is 0 Å². The van der Waals surface area contributed by atoms with E-state index in [1.807, 2.05) is 6.07 Å². The van der Waals surface area contributed by atoms with Crippen molar-refractivity contribution in [3.63, 3.8) is 0 Å². The van der Waals surface area contributed by atoms with E-state index >= 15 is 0 Å². The fraction of sp³-hybridized carbons (Fsp3) is 0.0189. The van der Waals surface area contributed by atoms with Crippen molar-refractivity contribution < 1.29 is 4.74 Å². The molecular weight excluding hydrogens is 713 g/mol. The Morgan fingerprint density at radius 3 is 1.74 bits per heavy atom. The highest BCUT2D eigenvalue weighted by molar-refractivity contribution is 7.26. The van der Waals surface area contributed by atoms with Crippen LogP contribution in [0.1, 0.15) is 22.3 Å². The lowest BCUT2D eigenvalue weighted by molar-refractivity contribution is 0.436. The number of nitrogens with zero attached hydrogens (tertiary/aromatic N) is 2. The maximum Gasteiger partial charge on any atom is 0.160 e. The first kappa shape index (κ1) is 32.1. The molecule has 1 aliphatic carbocycles. The minimum absolute atomic E-state index is 0.549. The zero-order valence-corrected chi connectivity index (χ0v) is 31.5. The van der Waals surface area contributed by atoms with Gasteiger partial charge in [0.2, 0.25) is 0 Å². The number of hydrogen-bond acceptors (Lipinski definition) is 4. The van der Waals surface area contributed by atoms with Gasteiger partial charge in [-0.1, -0.05) is 176 Å². The number of ether oxygens (including phenoxy) is 1. The third kappa shape index (κ3) is 4.65. The molecule has 3 nitrogen and oxygen atoms in total. The Labute approximate surface area is 334 Å². The van der Waals surface area contributed by atoms with Crippen molar-refractivity contribution in [3.05, 3.63) is 216 Å². The molecule has 10 aromatic rings. The summed E-state index contributed by atoms with van der Waals surface area (Å²) in [5, 5.41) is 1.14. The van der Waals surface area contributed by atoms with Gasteiger partial charge in [-0.3, -0.25) is 0 Å². The van der Waals surface area contributed by atoms with E-state index in [2.05, 4.69) is 188 Å². The number of benzene rings is 8. The normalized spacial score (nSPS) is 13.2. The summed E-state index contributed by atoms with van der Waals surface area (Å²) in [5.41, 5.74) is 15.5. The van der Waals surface area contributed by atoms with Crippen LogP contribution in [0.15, 0.2) is 194 Å². The molecule has 4 heteroatoms. The van der Waals surface area contributed by atoms with E-state index in [-0.39, 0.29) is 0 Å². The van der Waals surface area contributed by atoms with Gasteiger partial charge in [-0.25, -0.2) is 9.97 Å². The summed E-state index contributed by atoms with van der Waals surface area (Å²) >= 11 is 1.78. The molecule has 2 aromatic heterocycles. The minimum Gasteiger partial charge on any atom is -0.457 e. The molecule has 0 unspecified atom stereocenters. The minimum atomic E-state index is -0.549. The van der Waals surface area contributed by atoms with Crippen LogP contribution in [-0.2, 0) is 5.41 Å². The van der Waals surface area contributed by atoms with Crippen molar-refractivity contribution in [1.82, 2.24) is 9.97 Å². The van der Waals surface area contributed by atoms with Gasteiger partial charge in [-0.05, 0) is 62.7 Å². The average molecular weight is 745 g/mol. The molecule has 2 aliphatic rings. The molecule has 0 bridgehead atoms. The maximum atomic E-state index is 6.62. The summed E-state index contributed by atoms with van der Waals surface area (Å²) in [6.45, 7) is 0. The lowest BCUT2D eigenvalue weighted by Gasteiger charge is -2.39. The van der Waals surface area contributed by atoms with E-state index in [1.165, 1.54) is 43.6 Å². The van der Waals surface area contributed by atoms with Crippen LogP contribution in [0.5, 0.6) is 11.5 Å². The Morgan fingerprint density at radius 1 is 0.421 bits per heavy atom. The van der Waals surface area contributed by atoms with Crippen LogP contribution in [0.2, 0.25) is 0 Å². The molecule has 57 heavy (non-hydrogen) atoms. The molecule has 12 rings (SSSR count). The Kier molecular flexibility index (Phi) is 7.01. The van der Waals surface area contributed by atoms with Crippen LogP contribution < -0.4 is 4.74 Å². The summed E-state index contributed by atoms with van der Waals surface area (Å²) in [5.74, 6) is 2.50. The quantitative estimate of drug-likeness (QED) is 0.180. The SMILES string of the molecule is c1ccc(-c2ccc3c(c2)sc2c(-c4ccccc4-c4cccc5c4-c4ccccc4C54c5ccccc5Oc5ccccc54)nc(-c4ccccc4)nc23)cc1. The van der Waals surface area contributed by atoms with Gasteiger partial charge in [-0.15, -0.1) is 11.3 Å². The first-order valence-corrected chi connectivity index (χ1v) is 20.1. The molecule has 0 saturated carbocycles. The predicted molar refractivity (Wildman–Crippen MR) is 234 cm³/mol. The molecular formula is C53H32N2OS.